The lowest BCUT2D eigenvalue weighted by atomic mass is 10.0. The summed E-state index contributed by atoms with van der Waals surface area (Å²) < 4.78 is 0. The molecule has 38 heavy (non-hydrogen) atoms. The lowest BCUT2D eigenvalue weighted by molar-refractivity contribution is -0.524. The lowest BCUT2D eigenvalue weighted by Crippen LogP contribution is -2.19. The van der Waals surface area contributed by atoms with Crippen LogP contribution in [0, 0.1) is 20.2 Å². The molecule has 0 aliphatic carbocycles. The second kappa shape index (κ2) is 32.0. The molecule has 6 heteroatoms. The van der Waals surface area contributed by atoms with E-state index >= 15 is 0 Å². The van der Waals surface area contributed by atoms with Crippen molar-refractivity contribution in [2.45, 2.75) is 207 Å². The van der Waals surface area contributed by atoms with Gasteiger partial charge in [0.2, 0.25) is 12.1 Å². The molecule has 0 amide bonds. The van der Waals surface area contributed by atoms with Gasteiger partial charge in [-0.3, -0.25) is 20.2 Å². The van der Waals surface area contributed by atoms with Gasteiger partial charge in [-0.1, -0.05) is 150 Å². The first-order valence-corrected chi connectivity index (χ1v) is 16.7. The lowest BCUT2D eigenvalue weighted by Gasteiger charge is -2.09. The highest BCUT2D eigenvalue weighted by molar-refractivity contribution is 4.59. The number of rotatable bonds is 28. The maximum atomic E-state index is 11.0. The van der Waals surface area contributed by atoms with Gasteiger partial charge < -0.3 is 0 Å². The summed E-state index contributed by atoms with van der Waals surface area (Å²) in [6, 6.07) is -0.592. The summed E-state index contributed by atoms with van der Waals surface area (Å²) in [7, 11) is 0. The Labute approximate surface area is 236 Å². The number of nitrogens with zero attached hydrogens (tertiary/aromatic N) is 2. The van der Waals surface area contributed by atoms with Gasteiger partial charge in [-0.05, 0) is 19.3 Å². The molecule has 0 N–H and O–H groups in total. The fourth-order valence-corrected chi connectivity index (χ4v) is 5.00. The molecule has 0 aliphatic rings. The molecule has 0 aromatic rings. The molecule has 0 fully saturated rings. The first-order valence-electron chi connectivity index (χ1n) is 16.7. The zero-order chi connectivity index (χ0) is 28.7. The van der Waals surface area contributed by atoms with Crippen molar-refractivity contribution in [1.82, 2.24) is 0 Å². The SMILES string of the molecule is CCCCCCCCCCCC(CCCCC)[N+](=O)[O-].CCCCCCCCCCCCC(CC)[N+](=O)[O-]. The largest absolute Gasteiger partial charge is 0.264 e. The van der Waals surface area contributed by atoms with Crippen LogP contribution in [0.25, 0.3) is 0 Å². The van der Waals surface area contributed by atoms with Gasteiger partial charge in [-0.2, -0.15) is 0 Å². The van der Waals surface area contributed by atoms with Gasteiger partial charge >= 0.3 is 0 Å². The minimum atomic E-state index is -0.306. The van der Waals surface area contributed by atoms with E-state index in [1.807, 2.05) is 6.92 Å². The molecule has 0 saturated heterocycles. The van der Waals surface area contributed by atoms with Gasteiger partial charge in [0.1, 0.15) is 0 Å². The van der Waals surface area contributed by atoms with Crippen molar-refractivity contribution in [2.24, 2.45) is 0 Å². The first-order chi connectivity index (χ1) is 18.4. The molecule has 0 aromatic carbocycles. The average molecular weight is 543 g/mol. The standard InChI is InChI=1S/C17H35NO2.C15H31NO2/c1-3-5-7-8-9-10-11-12-14-16-17(18(19)20)15-13-6-4-2;1-3-5-6-7-8-9-10-11-12-13-14-15(4-2)16(17)18/h17H,3-16H2,1-2H3;15H,3-14H2,1-2H3. The summed E-state index contributed by atoms with van der Waals surface area (Å²) in [6.07, 6.45) is 30.7. The zero-order valence-corrected chi connectivity index (χ0v) is 26.1. The maximum absolute atomic E-state index is 11.0. The number of hydrogen-bond donors (Lipinski definition) is 0. The Kier molecular flexibility index (Phi) is 32.8. The van der Waals surface area contributed by atoms with Crippen molar-refractivity contribution < 1.29 is 9.85 Å². The molecule has 0 heterocycles. The molecule has 0 spiro atoms. The van der Waals surface area contributed by atoms with Crippen molar-refractivity contribution >= 4 is 0 Å². The second-order valence-corrected chi connectivity index (χ2v) is 11.4. The number of nitro groups is 2. The van der Waals surface area contributed by atoms with Crippen LogP contribution in [0.4, 0.5) is 0 Å². The third-order valence-corrected chi connectivity index (χ3v) is 7.74. The van der Waals surface area contributed by atoms with E-state index in [1.165, 1.54) is 109 Å². The van der Waals surface area contributed by atoms with E-state index in [4.69, 9.17) is 0 Å². The van der Waals surface area contributed by atoms with Gasteiger partial charge in [0, 0.05) is 35.5 Å². The predicted molar refractivity (Wildman–Crippen MR) is 164 cm³/mol. The predicted octanol–water partition coefficient (Wildman–Crippen LogP) is 11.5. The van der Waals surface area contributed by atoms with Gasteiger partial charge in [-0.15, -0.1) is 0 Å². The van der Waals surface area contributed by atoms with E-state index in [2.05, 4.69) is 20.8 Å². The number of hydrogen-bond acceptors (Lipinski definition) is 4. The summed E-state index contributed by atoms with van der Waals surface area (Å²) in [4.78, 5) is 21.4. The summed E-state index contributed by atoms with van der Waals surface area (Å²) in [5, 5.41) is 21.6. The van der Waals surface area contributed by atoms with Gasteiger partial charge in [0.15, 0.2) is 0 Å². The molecule has 0 bridgehead atoms. The molecular weight excluding hydrogens is 476 g/mol. The molecule has 0 aromatic heterocycles. The van der Waals surface area contributed by atoms with Crippen molar-refractivity contribution in [3.8, 4) is 0 Å². The number of unbranched alkanes of at least 4 members (excludes halogenated alkanes) is 19. The summed E-state index contributed by atoms with van der Waals surface area (Å²) in [5.41, 5.74) is 0. The molecule has 6 nitrogen and oxygen atoms in total. The summed E-state index contributed by atoms with van der Waals surface area (Å²) >= 11 is 0. The van der Waals surface area contributed by atoms with Crippen molar-refractivity contribution in [3.63, 3.8) is 0 Å². The van der Waals surface area contributed by atoms with E-state index in [-0.39, 0.29) is 21.9 Å². The monoisotopic (exact) mass is 543 g/mol. The molecule has 0 rings (SSSR count). The normalized spacial score (nSPS) is 12.5. The highest BCUT2D eigenvalue weighted by Crippen LogP contribution is 2.16. The third-order valence-electron chi connectivity index (χ3n) is 7.74. The van der Waals surface area contributed by atoms with Crippen LogP contribution in [0.3, 0.4) is 0 Å². The van der Waals surface area contributed by atoms with Crippen molar-refractivity contribution in [3.05, 3.63) is 20.2 Å². The molecule has 2 atom stereocenters. The van der Waals surface area contributed by atoms with Gasteiger partial charge in [0.05, 0.1) is 0 Å². The Morgan fingerprint density at radius 1 is 0.395 bits per heavy atom. The molecule has 0 radical (unpaired) electrons. The summed E-state index contributed by atoms with van der Waals surface area (Å²) in [5.74, 6) is 0. The van der Waals surface area contributed by atoms with Crippen molar-refractivity contribution in [1.29, 1.82) is 0 Å². The smallest absolute Gasteiger partial charge is 0.213 e. The van der Waals surface area contributed by atoms with E-state index in [9.17, 15) is 20.2 Å². The molecule has 0 saturated carbocycles. The quantitative estimate of drug-likeness (QED) is 0.0558. The van der Waals surface area contributed by atoms with Crippen LogP contribution in [0.1, 0.15) is 195 Å². The Morgan fingerprint density at radius 3 is 0.921 bits per heavy atom. The van der Waals surface area contributed by atoms with E-state index < -0.39 is 0 Å². The average Bonchev–Trinajstić information content (AvgIpc) is 2.90. The molecule has 228 valence electrons. The topological polar surface area (TPSA) is 86.3 Å². The highest BCUT2D eigenvalue weighted by atomic mass is 16.6. The van der Waals surface area contributed by atoms with Crippen LogP contribution >= 0.6 is 0 Å². The third kappa shape index (κ3) is 29.4. The van der Waals surface area contributed by atoms with Crippen LogP contribution in [0.15, 0.2) is 0 Å². The molecule has 2 unspecified atom stereocenters. The maximum Gasteiger partial charge on any atom is 0.213 e. The fourth-order valence-electron chi connectivity index (χ4n) is 5.00. The van der Waals surface area contributed by atoms with E-state index in [0.717, 1.165) is 51.4 Å². The van der Waals surface area contributed by atoms with Crippen LogP contribution in [0.5, 0.6) is 0 Å². The molecular formula is C32H66N2O4. The van der Waals surface area contributed by atoms with Crippen LogP contribution in [-0.2, 0) is 0 Å². The van der Waals surface area contributed by atoms with E-state index in [0.29, 0.717) is 6.42 Å². The van der Waals surface area contributed by atoms with Crippen LogP contribution in [0.2, 0.25) is 0 Å². The Morgan fingerprint density at radius 2 is 0.632 bits per heavy atom. The molecule has 0 aliphatic heterocycles. The van der Waals surface area contributed by atoms with Crippen LogP contribution in [-0.4, -0.2) is 21.9 Å². The zero-order valence-electron chi connectivity index (χ0n) is 26.1. The second-order valence-electron chi connectivity index (χ2n) is 11.4. The minimum absolute atomic E-state index is 0.0552. The minimum Gasteiger partial charge on any atom is -0.264 e. The van der Waals surface area contributed by atoms with Gasteiger partial charge in [-0.25, -0.2) is 0 Å². The van der Waals surface area contributed by atoms with E-state index in [1.54, 1.807) is 0 Å². The Hall–Kier alpha value is -1.20. The van der Waals surface area contributed by atoms with Crippen LogP contribution < -0.4 is 0 Å². The van der Waals surface area contributed by atoms with Gasteiger partial charge in [0.25, 0.3) is 0 Å². The van der Waals surface area contributed by atoms with Crippen molar-refractivity contribution in [2.75, 3.05) is 0 Å². The Bertz CT molecular complexity index is 502. The summed E-state index contributed by atoms with van der Waals surface area (Å²) in [6.45, 7) is 8.53. The Balaban J connectivity index is 0. The highest BCUT2D eigenvalue weighted by Gasteiger charge is 2.18. The fraction of sp³-hybridized carbons (Fsp3) is 1.00. The first kappa shape index (κ1) is 38.9.